The summed E-state index contributed by atoms with van der Waals surface area (Å²) in [4.78, 5) is 2.44. The smallest absolute Gasteiger partial charge is 0.119 e. The first-order valence-electron chi connectivity index (χ1n) is 7.07. The third kappa shape index (κ3) is 4.40. The lowest BCUT2D eigenvalue weighted by Gasteiger charge is -2.16. The molecule has 1 N–H and O–H groups in total. The molecule has 1 aromatic carbocycles. The average Bonchev–Trinajstić information content (AvgIpc) is 2.89. The molecule has 0 bridgehead atoms. The topological polar surface area (TPSA) is 33.7 Å². The van der Waals surface area contributed by atoms with E-state index in [0.29, 0.717) is 12.6 Å². The summed E-state index contributed by atoms with van der Waals surface area (Å²) in [6, 6.07) is 8.47. The minimum absolute atomic E-state index is 0.644. The Bertz CT molecular complexity index is 367. The maximum Gasteiger partial charge on any atom is 0.119 e. The monoisotopic (exact) mass is 264 g/mol. The number of likely N-dealkylation sites (tertiary alicyclic amines) is 1. The van der Waals surface area contributed by atoms with Gasteiger partial charge in [-0.3, -0.25) is 4.90 Å². The summed E-state index contributed by atoms with van der Waals surface area (Å²) in [6.45, 7) is 6.71. The van der Waals surface area contributed by atoms with E-state index in [1.54, 1.807) is 0 Å². The normalized spacial score (nSPS) is 19.6. The Kier molecular flexibility index (Phi) is 5.48. The molecule has 0 amide bonds. The maximum absolute atomic E-state index is 5.75. The van der Waals surface area contributed by atoms with Crippen molar-refractivity contribution >= 4 is 0 Å². The molecule has 1 fully saturated rings. The molecule has 106 valence electrons. The Morgan fingerprint density at radius 2 is 1.89 bits per heavy atom. The second kappa shape index (κ2) is 7.36. The summed E-state index contributed by atoms with van der Waals surface area (Å²) in [5.41, 5.74) is 0. The molecule has 1 aliphatic rings. The van der Waals surface area contributed by atoms with E-state index in [2.05, 4.69) is 10.2 Å². The van der Waals surface area contributed by atoms with Crippen LogP contribution in [0.1, 0.15) is 13.3 Å². The van der Waals surface area contributed by atoms with E-state index < -0.39 is 0 Å². The van der Waals surface area contributed by atoms with Gasteiger partial charge in [0, 0.05) is 19.1 Å². The number of rotatable bonds is 7. The summed E-state index contributed by atoms with van der Waals surface area (Å²) in [5, 5.41) is 3.32. The second-order valence-corrected chi connectivity index (χ2v) is 4.83. The quantitative estimate of drug-likeness (QED) is 0.813. The Labute approximate surface area is 115 Å². The van der Waals surface area contributed by atoms with Crippen molar-refractivity contribution < 1.29 is 9.47 Å². The Morgan fingerprint density at radius 3 is 2.47 bits per heavy atom. The molecular formula is C15H24N2O2. The first kappa shape index (κ1) is 14.2. The van der Waals surface area contributed by atoms with Gasteiger partial charge >= 0.3 is 0 Å². The van der Waals surface area contributed by atoms with Gasteiger partial charge in [-0.25, -0.2) is 0 Å². The van der Waals surface area contributed by atoms with Crippen LogP contribution >= 0.6 is 0 Å². The van der Waals surface area contributed by atoms with Crippen LogP contribution in [0.3, 0.4) is 0 Å². The van der Waals surface area contributed by atoms with E-state index >= 15 is 0 Å². The molecule has 0 aromatic heterocycles. The van der Waals surface area contributed by atoms with Crippen LogP contribution in [0.15, 0.2) is 24.3 Å². The fourth-order valence-electron chi connectivity index (χ4n) is 2.36. The molecule has 4 nitrogen and oxygen atoms in total. The van der Waals surface area contributed by atoms with Gasteiger partial charge in [-0.1, -0.05) is 0 Å². The molecule has 0 spiro atoms. The van der Waals surface area contributed by atoms with Gasteiger partial charge in [0.25, 0.3) is 0 Å². The molecular weight excluding hydrogens is 240 g/mol. The molecule has 19 heavy (non-hydrogen) atoms. The second-order valence-electron chi connectivity index (χ2n) is 4.83. The van der Waals surface area contributed by atoms with Gasteiger partial charge < -0.3 is 14.8 Å². The van der Waals surface area contributed by atoms with Gasteiger partial charge in [0.2, 0.25) is 0 Å². The molecule has 1 atom stereocenters. The molecule has 0 saturated carbocycles. The first-order chi connectivity index (χ1) is 9.31. The predicted molar refractivity (Wildman–Crippen MR) is 77.0 cm³/mol. The third-order valence-corrected chi connectivity index (χ3v) is 3.49. The van der Waals surface area contributed by atoms with Crippen LogP contribution in [0.2, 0.25) is 0 Å². The van der Waals surface area contributed by atoms with Crippen LogP contribution < -0.4 is 14.8 Å². The van der Waals surface area contributed by atoms with Crippen molar-refractivity contribution in [3.63, 3.8) is 0 Å². The Morgan fingerprint density at radius 1 is 1.21 bits per heavy atom. The lowest BCUT2D eigenvalue weighted by molar-refractivity contribution is 0.234. The lowest BCUT2D eigenvalue weighted by Crippen LogP contribution is -2.31. The van der Waals surface area contributed by atoms with E-state index in [9.17, 15) is 0 Å². The van der Waals surface area contributed by atoms with Crippen LogP contribution in [0.25, 0.3) is 0 Å². The predicted octanol–water partition coefficient (Wildman–Crippen LogP) is 1.76. The number of hydrogen-bond donors (Lipinski definition) is 1. The SMILES string of the molecule is CCOc1ccc(OCCN2CCC(NC)C2)cc1. The Hall–Kier alpha value is -1.26. The van der Waals surface area contributed by atoms with Crippen molar-refractivity contribution in [1.82, 2.24) is 10.2 Å². The van der Waals surface area contributed by atoms with Crippen molar-refractivity contribution in [2.45, 2.75) is 19.4 Å². The number of benzene rings is 1. The number of likely N-dealkylation sites (N-methyl/N-ethyl adjacent to an activating group) is 1. The van der Waals surface area contributed by atoms with Crippen LogP contribution in [-0.2, 0) is 0 Å². The van der Waals surface area contributed by atoms with Gasteiger partial charge in [-0.05, 0) is 51.2 Å². The largest absolute Gasteiger partial charge is 0.494 e. The minimum atomic E-state index is 0.644. The van der Waals surface area contributed by atoms with Crippen molar-refractivity contribution in [2.24, 2.45) is 0 Å². The molecule has 1 saturated heterocycles. The van der Waals surface area contributed by atoms with Crippen molar-refractivity contribution in [3.8, 4) is 11.5 Å². The zero-order valence-corrected chi connectivity index (χ0v) is 11.9. The van der Waals surface area contributed by atoms with Crippen molar-refractivity contribution in [2.75, 3.05) is 39.9 Å². The van der Waals surface area contributed by atoms with Gasteiger partial charge in [0.05, 0.1) is 6.61 Å². The number of nitrogens with one attached hydrogen (secondary N) is 1. The van der Waals surface area contributed by atoms with Crippen molar-refractivity contribution in [3.05, 3.63) is 24.3 Å². The molecule has 4 heteroatoms. The van der Waals surface area contributed by atoms with Gasteiger partial charge in [-0.2, -0.15) is 0 Å². The summed E-state index contributed by atoms with van der Waals surface area (Å²) in [7, 11) is 2.03. The Balaban J connectivity index is 1.68. The van der Waals surface area contributed by atoms with Crippen molar-refractivity contribution in [1.29, 1.82) is 0 Å². The standard InChI is InChI=1S/C15H24N2O2/c1-3-18-14-4-6-15(7-5-14)19-11-10-17-9-8-13(12-17)16-2/h4-7,13,16H,3,8-12H2,1-2H3. The molecule has 1 unspecified atom stereocenters. The average molecular weight is 264 g/mol. The zero-order chi connectivity index (χ0) is 13.5. The van der Waals surface area contributed by atoms with Crippen LogP contribution in [0.4, 0.5) is 0 Å². The minimum Gasteiger partial charge on any atom is -0.494 e. The zero-order valence-electron chi connectivity index (χ0n) is 11.9. The molecule has 1 aromatic rings. The van der Waals surface area contributed by atoms with Gasteiger partial charge in [0.15, 0.2) is 0 Å². The fourth-order valence-corrected chi connectivity index (χ4v) is 2.36. The molecule has 1 heterocycles. The molecule has 2 rings (SSSR count). The van der Waals surface area contributed by atoms with Crippen LogP contribution in [0.5, 0.6) is 11.5 Å². The number of hydrogen-bond acceptors (Lipinski definition) is 4. The highest BCUT2D eigenvalue weighted by atomic mass is 16.5. The lowest BCUT2D eigenvalue weighted by atomic mass is 10.3. The highest BCUT2D eigenvalue weighted by Crippen LogP contribution is 2.17. The molecule has 0 aliphatic carbocycles. The highest BCUT2D eigenvalue weighted by Gasteiger charge is 2.20. The highest BCUT2D eigenvalue weighted by molar-refractivity contribution is 5.31. The number of ether oxygens (including phenoxy) is 2. The third-order valence-electron chi connectivity index (χ3n) is 3.49. The summed E-state index contributed by atoms with van der Waals surface area (Å²) in [5.74, 6) is 1.80. The van der Waals surface area contributed by atoms with E-state index in [0.717, 1.165) is 37.7 Å². The van der Waals surface area contributed by atoms with E-state index in [1.807, 2.05) is 38.2 Å². The van der Waals surface area contributed by atoms with E-state index in [4.69, 9.17) is 9.47 Å². The number of nitrogens with zero attached hydrogens (tertiary/aromatic N) is 1. The van der Waals surface area contributed by atoms with E-state index in [-0.39, 0.29) is 0 Å². The summed E-state index contributed by atoms with van der Waals surface area (Å²) >= 11 is 0. The molecule has 0 radical (unpaired) electrons. The van der Waals surface area contributed by atoms with Gasteiger partial charge in [0.1, 0.15) is 18.1 Å². The summed E-state index contributed by atoms with van der Waals surface area (Å²) < 4.78 is 11.2. The summed E-state index contributed by atoms with van der Waals surface area (Å²) in [6.07, 6.45) is 1.24. The first-order valence-corrected chi connectivity index (χ1v) is 7.07. The molecule has 1 aliphatic heterocycles. The van der Waals surface area contributed by atoms with Gasteiger partial charge in [-0.15, -0.1) is 0 Å². The fraction of sp³-hybridized carbons (Fsp3) is 0.600. The van der Waals surface area contributed by atoms with Crippen LogP contribution in [0, 0.1) is 0 Å². The van der Waals surface area contributed by atoms with Crippen LogP contribution in [-0.4, -0.2) is 50.8 Å². The van der Waals surface area contributed by atoms with E-state index in [1.165, 1.54) is 6.42 Å². The maximum atomic E-state index is 5.75.